The quantitative estimate of drug-likeness (QED) is 0.376. The number of hydrogen-bond donors (Lipinski definition) is 0. The summed E-state index contributed by atoms with van der Waals surface area (Å²) in [5, 5.41) is 9.10. The lowest BCUT2D eigenvalue weighted by molar-refractivity contribution is -0.127. The Balaban J connectivity index is 1.65. The van der Waals surface area contributed by atoms with Crippen LogP contribution >= 0.6 is 0 Å². The number of carbonyl (C=O) groups is 1. The lowest BCUT2D eigenvalue weighted by atomic mass is 9.99. The minimum Gasteiger partial charge on any atom is -0.490 e. The molecule has 3 aromatic heterocycles. The number of aromatic nitrogens is 5. The maximum atomic E-state index is 14.2. The third kappa shape index (κ3) is 4.51. The molecule has 0 atom stereocenters. The molecule has 9 heteroatoms. The van der Waals surface area contributed by atoms with Crippen LogP contribution in [0.3, 0.4) is 0 Å². The Hall–Kier alpha value is -4.27. The molecule has 4 heterocycles. The highest BCUT2D eigenvalue weighted by atomic mass is 19.1. The van der Waals surface area contributed by atoms with Crippen LogP contribution in [0.15, 0.2) is 61.4 Å². The topological polar surface area (TPSA) is 78.1 Å². The zero-order valence-electron chi connectivity index (χ0n) is 20.5. The van der Waals surface area contributed by atoms with Crippen molar-refractivity contribution >= 4 is 5.91 Å². The van der Waals surface area contributed by atoms with E-state index < -0.39 is 0 Å². The average molecular weight is 487 g/mol. The molecular weight excluding hydrogens is 459 g/mol. The number of aryl methyl sites for hydroxylation is 1. The van der Waals surface area contributed by atoms with E-state index in [-0.39, 0.29) is 17.8 Å². The Morgan fingerprint density at radius 1 is 1.14 bits per heavy atom. The first-order chi connectivity index (χ1) is 17.3. The van der Waals surface area contributed by atoms with Crippen molar-refractivity contribution in [3.8, 4) is 39.5 Å². The standard InChI is InChI=1S/C27H27FN6O2/c1-5-26(35)33-10-11-34-20(16-33)13-24(31-34)27-22(8-9-23(30-27)18-14-29-32(4)15-18)21-7-6-19(28)12-25(21)36-17(2)3/h5-9,12-15,17H,1,10-11,16H2,2-4H3. The molecule has 0 bridgehead atoms. The van der Waals surface area contributed by atoms with Gasteiger partial charge in [-0.15, -0.1) is 0 Å². The Morgan fingerprint density at radius 2 is 1.94 bits per heavy atom. The summed E-state index contributed by atoms with van der Waals surface area (Å²) in [6, 6.07) is 10.3. The molecule has 0 saturated carbocycles. The van der Waals surface area contributed by atoms with E-state index in [2.05, 4.69) is 11.7 Å². The number of benzene rings is 1. The first-order valence-corrected chi connectivity index (χ1v) is 11.8. The summed E-state index contributed by atoms with van der Waals surface area (Å²) in [5.74, 6) is -0.0441. The van der Waals surface area contributed by atoms with Gasteiger partial charge in [0.1, 0.15) is 17.3 Å². The van der Waals surface area contributed by atoms with Gasteiger partial charge in [0.15, 0.2) is 0 Å². The normalized spacial score (nSPS) is 13.1. The van der Waals surface area contributed by atoms with Gasteiger partial charge in [-0.05, 0) is 50.3 Å². The van der Waals surface area contributed by atoms with Gasteiger partial charge >= 0.3 is 0 Å². The van der Waals surface area contributed by atoms with E-state index in [1.54, 1.807) is 21.8 Å². The van der Waals surface area contributed by atoms with E-state index in [0.717, 1.165) is 28.1 Å². The van der Waals surface area contributed by atoms with Crippen molar-refractivity contribution in [2.75, 3.05) is 6.54 Å². The fraction of sp³-hybridized carbons (Fsp3) is 0.259. The predicted molar refractivity (Wildman–Crippen MR) is 134 cm³/mol. The number of amides is 1. The van der Waals surface area contributed by atoms with Crippen molar-refractivity contribution in [2.24, 2.45) is 7.05 Å². The first kappa shape index (κ1) is 23.5. The highest BCUT2D eigenvalue weighted by Crippen LogP contribution is 2.38. The van der Waals surface area contributed by atoms with Crippen molar-refractivity contribution in [2.45, 2.75) is 33.0 Å². The predicted octanol–water partition coefficient (Wildman–Crippen LogP) is 4.47. The molecule has 1 aromatic carbocycles. The molecule has 184 valence electrons. The molecule has 8 nitrogen and oxygen atoms in total. The van der Waals surface area contributed by atoms with Crippen LogP contribution in [0.4, 0.5) is 4.39 Å². The van der Waals surface area contributed by atoms with Crippen LogP contribution in [0.2, 0.25) is 0 Å². The van der Waals surface area contributed by atoms with Crippen molar-refractivity contribution in [3.05, 3.63) is 73.0 Å². The Morgan fingerprint density at radius 3 is 2.67 bits per heavy atom. The second-order valence-corrected chi connectivity index (χ2v) is 9.01. The number of halogens is 1. The van der Waals surface area contributed by atoms with E-state index in [9.17, 15) is 9.18 Å². The van der Waals surface area contributed by atoms with Crippen LogP contribution in [0.5, 0.6) is 5.75 Å². The maximum Gasteiger partial charge on any atom is 0.246 e. The fourth-order valence-electron chi connectivity index (χ4n) is 4.36. The second-order valence-electron chi connectivity index (χ2n) is 9.01. The van der Waals surface area contributed by atoms with E-state index in [1.165, 1.54) is 18.2 Å². The monoisotopic (exact) mass is 486 g/mol. The minimum atomic E-state index is -0.375. The first-order valence-electron chi connectivity index (χ1n) is 11.8. The van der Waals surface area contributed by atoms with Crippen LogP contribution in [-0.2, 0) is 24.9 Å². The molecule has 1 aliphatic rings. The lowest BCUT2D eigenvalue weighted by Crippen LogP contribution is -2.37. The van der Waals surface area contributed by atoms with Gasteiger partial charge in [-0.25, -0.2) is 9.37 Å². The summed E-state index contributed by atoms with van der Waals surface area (Å²) in [4.78, 5) is 18.9. The summed E-state index contributed by atoms with van der Waals surface area (Å²) >= 11 is 0. The lowest BCUT2D eigenvalue weighted by Gasteiger charge is -2.26. The van der Waals surface area contributed by atoms with Gasteiger partial charge in [-0.2, -0.15) is 10.2 Å². The molecule has 0 fully saturated rings. The van der Waals surface area contributed by atoms with Gasteiger partial charge in [-0.1, -0.05) is 6.58 Å². The molecule has 1 aliphatic heterocycles. The number of fused-ring (bicyclic) bond motifs is 1. The van der Waals surface area contributed by atoms with Gasteiger partial charge in [0.25, 0.3) is 0 Å². The summed E-state index contributed by atoms with van der Waals surface area (Å²) in [7, 11) is 1.85. The van der Waals surface area contributed by atoms with Crippen LogP contribution in [0.1, 0.15) is 19.5 Å². The van der Waals surface area contributed by atoms with E-state index in [1.807, 2.05) is 50.0 Å². The maximum absolute atomic E-state index is 14.2. The number of ether oxygens (including phenoxy) is 1. The molecule has 0 radical (unpaired) electrons. The fourth-order valence-corrected chi connectivity index (χ4v) is 4.36. The van der Waals surface area contributed by atoms with Crippen molar-refractivity contribution in [3.63, 3.8) is 0 Å². The van der Waals surface area contributed by atoms with Crippen LogP contribution in [0, 0.1) is 5.82 Å². The number of nitrogens with zero attached hydrogens (tertiary/aromatic N) is 6. The Bertz CT molecular complexity index is 1450. The number of hydrogen-bond acceptors (Lipinski definition) is 5. The van der Waals surface area contributed by atoms with E-state index in [4.69, 9.17) is 14.8 Å². The number of pyridine rings is 1. The molecule has 0 spiro atoms. The highest BCUT2D eigenvalue weighted by molar-refractivity contribution is 5.87. The van der Waals surface area contributed by atoms with Crippen LogP contribution < -0.4 is 4.74 Å². The smallest absolute Gasteiger partial charge is 0.246 e. The van der Waals surface area contributed by atoms with Crippen LogP contribution in [0.25, 0.3) is 33.8 Å². The molecule has 0 N–H and O–H groups in total. The second kappa shape index (κ2) is 9.41. The van der Waals surface area contributed by atoms with Gasteiger partial charge < -0.3 is 9.64 Å². The van der Waals surface area contributed by atoms with E-state index >= 15 is 0 Å². The molecule has 4 aromatic rings. The van der Waals surface area contributed by atoms with E-state index in [0.29, 0.717) is 36.8 Å². The van der Waals surface area contributed by atoms with Crippen LogP contribution in [-0.4, -0.2) is 48.0 Å². The number of carbonyl (C=O) groups excluding carboxylic acids is 1. The molecular formula is C27H27FN6O2. The summed E-state index contributed by atoms with van der Waals surface area (Å²) < 4.78 is 23.7. The third-order valence-corrected chi connectivity index (χ3v) is 6.02. The SMILES string of the molecule is C=CC(=O)N1CCn2nc(-c3nc(-c4cnn(C)c4)ccc3-c3ccc(F)cc3OC(C)C)cc2C1. The molecule has 0 unspecified atom stereocenters. The van der Waals surface area contributed by atoms with Crippen molar-refractivity contribution < 1.29 is 13.9 Å². The number of rotatable bonds is 6. The van der Waals surface area contributed by atoms with Crippen molar-refractivity contribution in [1.82, 2.24) is 29.4 Å². The van der Waals surface area contributed by atoms with Gasteiger partial charge in [0, 0.05) is 42.5 Å². The molecule has 0 saturated heterocycles. The summed E-state index contributed by atoms with van der Waals surface area (Å²) in [5.41, 5.74) is 5.31. The largest absolute Gasteiger partial charge is 0.490 e. The molecule has 0 aliphatic carbocycles. The summed E-state index contributed by atoms with van der Waals surface area (Å²) in [6.45, 7) is 8.97. The van der Waals surface area contributed by atoms with Gasteiger partial charge in [0.05, 0.1) is 42.5 Å². The highest BCUT2D eigenvalue weighted by Gasteiger charge is 2.24. The van der Waals surface area contributed by atoms with Crippen molar-refractivity contribution in [1.29, 1.82) is 0 Å². The average Bonchev–Trinajstić information content (AvgIpc) is 3.49. The minimum absolute atomic E-state index is 0.108. The Labute approximate surface area is 208 Å². The molecule has 1 amide bonds. The Kier molecular flexibility index (Phi) is 6.13. The van der Waals surface area contributed by atoms with Gasteiger partial charge in [-0.3, -0.25) is 14.2 Å². The summed E-state index contributed by atoms with van der Waals surface area (Å²) in [6.07, 6.45) is 4.85. The zero-order valence-corrected chi connectivity index (χ0v) is 20.5. The molecule has 5 rings (SSSR count). The van der Waals surface area contributed by atoms with Gasteiger partial charge in [0.2, 0.25) is 5.91 Å². The zero-order chi connectivity index (χ0) is 25.4. The third-order valence-electron chi connectivity index (χ3n) is 6.02. The molecule has 36 heavy (non-hydrogen) atoms.